The van der Waals surface area contributed by atoms with Crippen LogP contribution in [0.15, 0.2) is 48.7 Å². The molecule has 0 saturated heterocycles. The van der Waals surface area contributed by atoms with Crippen molar-refractivity contribution < 1.29 is 22.7 Å². The fourth-order valence-corrected chi connectivity index (χ4v) is 2.61. The summed E-state index contributed by atoms with van der Waals surface area (Å²) in [5.74, 6) is 4.49. The normalized spacial score (nSPS) is 11.0. The average molecular weight is 415 g/mol. The summed E-state index contributed by atoms with van der Waals surface area (Å²) in [7, 11) is 0. The fraction of sp³-hybridized carbons (Fsp3) is 0.150. The highest BCUT2D eigenvalue weighted by molar-refractivity contribution is 5.95. The van der Waals surface area contributed by atoms with Crippen LogP contribution in [0.25, 0.3) is 5.65 Å². The second-order valence-electron chi connectivity index (χ2n) is 6.12. The van der Waals surface area contributed by atoms with Crippen LogP contribution in [-0.4, -0.2) is 27.9 Å². The summed E-state index contributed by atoms with van der Waals surface area (Å²) in [6.45, 7) is -0.423. The first-order valence-electron chi connectivity index (χ1n) is 8.61. The van der Waals surface area contributed by atoms with Crippen molar-refractivity contribution in [2.45, 2.75) is 12.8 Å². The van der Waals surface area contributed by atoms with Gasteiger partial charge >= 0.3 is 6.18 Å². The molecule has 0 saturated carbocycles. The van der Waals surface area contributed by atoms with E-state index in [0.29, 0.717) is 17.0 Å². The molecule has 0 fully saturated rings. The van der Waals surface area contributed by atoms with Crippen LogP contribution in [-0.2, 0) is 22.3 Å². The Labute approximate surface area is 169 Å². The van der Waals surface area contributed by atoms with E-state index in [1.54, 1.807) is 28.8 Å². The first-order chi connectivity index (χ1) is 14.2. The Morgan fingerprint density at radius 2 is 2.03 bits per heavy atom. The van der Waals surface area contributed by atoms with Gasteiger partial charge < -0.3 is 10.5 Å². The number of alkyl halides is 3. The molecule has 0 radical (unpaired) electrons. The van der Waals surface area contributed by atoms with Gasteiger partial charge in [0.2, 0.25) is 0 Å². The van der Waals surface area contributed by atoms with E-state index in [0.717, 1.165) is 12.1 Å². The molecule has 2 aromatic heterocycles. The van der Waals surface area contributed by atoms with Gasteiger partial charge in [-0.15, -0.1) is 0 Å². The minimum atomic E-state index is -4.46. The highest BCUT2D eigenvalue weighted by Crippen LogP contribution is 2.29. The third-order valence-electron chi connectivity index (χ3n) is 3.86. The van der Waals surface area contributed by atoms with E-state index < -0.39 is 23.6 Å². The van der Waals surface area contributed by atoms with E-state index in [-0.39, 0.29) is 18.8 Å². The zero-order valence-electron chi connectivity index (χ0n) is 15.5. The lowest BCUT2D eigenvalue weighted by atomic mass is 10.1. The molecule has 0 atom stereocenters. The van der Waals surface area contributed by atoms with E-state index in [1.165, 1.54) is 12.1 Å². The molecule has 0 aliphatic carbocycles. The Hall–Kier alpha value is -3.84. The maximum Gasteiger partial charge on any atom is 0.416 e. The van der Waals surface area contributed by atoms with Gasteiger partial charge in [-0.1, -0.05) is 18.1 Å². The average Bonchev–Trinajstić information content (AvgIpc) is 3.03. The number of carbonyl (C=O) groups excluding carboxylic acids is 1. The maximum atomic E-state index is 12.9. The molecule has 1 amide bonds. The van der Waals surface area contributed by atoms with Crippen LogP contribution in [0.1, 0.15) is 22.5 Å². The quantitative estimate of drug-likeness (QED) is 0.345. The summed E-state index contributed by atoms with van der Waals surface area (Å²) >= 11 is 0. The van der Waals surface area contributed by atoms with Gasteiger partial charge in [-0.25, -0.2) is 4.98 Å². The van der Waals surface area contributed by atoms with Crippen molar-refractivity contribution in [3.63, 3.8) is 0 Å². The molecule has 0 aliphatic rings. The predicted molar refractivity (Wildman–Crippen MR) is 102 cm³/mol. The van der Waals surface area contributed by atoms with Gasteiger partial charge in [-0.2, -0.15) is 13.2 Å². The molecule has 0 bridgehead atoms. The molecule has 30 heavy (non-hydrogen) atoms. The Morgan fingerprint density at radius 1 is 1.23 bits per heavy atom. The summed E-state index contributed by atoms with van der Waals surface area (Å²) in [6.07, 6.45) is -2.75. The van der Waals surface area contributed by atoms with Crippen molar-refractivity contribution >= 4 is 17.5 Å². The van der Waals surface area contributed by atoms with E-state index in [9.17, 15) is 18.0 Å². The van der Waals surface area contributed by atoms with Crippen molar-refractivity contribution in [2.75, 3.05) is 6.61 Å². The number of amides is 1. The Kier molecular flexibility index (Phi) is 6.03. The van der Waals surface area contributed by atoms with Gasteiger partial charge in [0.1, 0.15) is 23.6 Å². The van der Waals surface area contributed by atoms with Gasteiger partial charge in [0, 0.05) is 11.8 Å². The molecule has 3 aromatic rings. The van der Waals surface area contributed by atoms with Crippen molar-refractivity contribution in [1.82, 2.24) is 14.7 Å². The number of nitrogens with two attached hydrogens (primary N) is 1. The van der Waals surface area contributed by atoms with Gasteiger partial charge in [-0.3, -0.25) is 19.9 Å². The smallest absolute Gasteiger partial charge is 0.370 e. The summed E-state index contributed by atoms with van der Waals surface area (Å²) in [5.41, 5.74) is 5.89. The molecular weight excluding hydrogens is 399 g/mol. The van der Waals surface area contributed by atoms with E-state index in [2.05, 4.69) is 22.1 Å². The molecule has 7 nitrogen and oxygen atoms in total. The number of benzene rings is 1. The number of pyridine rings is 1. The molecule has 3 rings (SSSR count). The number of hydrogen-bond donors (Lipinski definition) is 3. The SMILES string of the molecule is N=C(N)NC(=O)COCc1nc2ccccn2c1C#Cc1cccc(C(F)(F)F)c1. The molecule has 10 heteroatoms. The Balaban J connectivity index is 1.87. The van der Waals surface area contributed by atoms with Gasteiger partial charge in [-0.05, 0) is 36.3 Å². The lowest BCUT2D eigenvalue weighted by Crippen LogP contribution is -2.37. The number of ether oxygens (including phenoxy) is 1. The molecule has 1 aromatic carbocycles. The lowest BCUT2D eigenvalue weighted by molar-refractivity contribution is -0.137. The number of hydrogen-bond acceptors (Lipinski definition) is 4. The largest absolute Gasteiger partial charge is 0.416 e. The number of aromatic nitrogens is 2. The molecule has 0 unspecified atom stereocenters. The zero-order valence-corrected chi connectivity index (χ0v) is 15.5. The summed E-state index contributed by atoms with van der Waals surface area (Å²) < 4.78 is 45.7. The van der Waals surface area contributed by atoms with Crippen LogP contribution in [0.4, 0.5) is 13.2 Å². The summed E-state index contributed by atoms with van der Waals surface area (Å²) in [5, 5.41) is 9.09. The molecule has 0 aliphatic heterocycles. The first kappa shape index (κ1) is 20.9. The number of nitrogens with one attached hydrogen (secondary N) is 2. The third-order valence-corrected chi connectivity index (χ3v) is 3.86. The van der Waals surface area contributed by atoms with Crippen LogP contribution >= 0.6 is 0 Å². The number of imidazole rings is 1. The summed E-state index contributed by atoms with van der Waals surface area (Å²) in [4.78, 5) is 15.9. The standard InChI is InChI=1S/C20H16F3N5O2/c21-20(22,23)14-5-3-4-13(10-14)7-8-16-15(11-30-12-18(29)27-19(24)25)26-17-6-1-2-9-28(16)17/h1-6,9-10H,11-12H2,(H4,24,25,27,29). The maximum absolute atomic E-state index is 12.9. The topological polar surface area (TPSA) is 106 Å². The number of halogens is 3. The van der Waals surface area contributed by atoms with Crippen molar-refractivity contribution in [2.24, 2.45) is 5.73 Å². The number of fused-ring (bicyclic) bond motifs is 1. The monoisotopic (exact) mass is 415 g/mol. The molecule has 2 heterocycles. The van der Waals surface area contributed by atoms with E-state index in [1.807, 2.05) is 0 Å². The minimum Gasteiger partial charge on any atom is -0.370 e. The number of guanidine groups is 1. The predicted octanol–water partition coefficient (Wildman–Crippen LogP) is 2.28. The lowest BCUT2D eigenvalue weighted by Gasteiger charge is -2.06. The third kappa shape index (κ3) is 5.15. The van der Waals surface area contributed by atoms with E-state index >= 15 is 0 Å². The van der Waals surface area contributed by atoms with Crippen molar-refractivity contribution in [3.05, 3.63) is 71.2 Å². The van der Waals surface area contributed by atoms with Crippen LogP contribution in [0.3, 0.4) is 0 Å². The number of nitrogens with zero attached hydrogens (tertiary/aromatic N) is 2. The van der Waals surface area contributed by atoms with Gasteiger partial charge in [0.05, 0.1) is 12.2 Å². The van der Waals surface area contributed by atoms with Crippen LogP contribution < -0.4 is 11.1 Å². The number of carbonyl (C=O) groups is 1. The first-order valence-corrected chi connectivity index (χ1v) is 8.61. The van der Waals surface area contributed by atoms with Crippen LogP contribution in [0, 0.1) is 17.3 Å². The summed E-state index contributed by atoms with van der Waals surface area (Å²) in [6, 6.07) is 9.99. The Bertz CT molecular complexity index is 1160. The second kappa shape index (κ2) is 8.67. The zero-order chi connectivity index (χ0) is 21.7. The molecule has 4 N–H and O–H groups in total. The number of rotatable bonds is 4. The highest BCUT2D eigenvalue weighted by Gasteiger charge is 2.30. The minimum absolute atomic E-state index is 0.0698. The molecule has 154 valence electrons. The van der Waals surface area contributed by atoms with E-state index in [4.69, 9.17) is 15.9 Å². The molecular formula is C20H16F3N5O2. The molecule has 0 spiro atoms. The van der Waals surface area contributed by atoms with Crippen molar-refractivity contribution in [3.8, 4) is 11.8 Å². The highest BCUT2D eigenvalue weighted by atomic mass is 19.4. The second-order valence-corrected chi connectivity index (χ2v) is 6.12. The van der Waals surface area contributed by atoms with Crippen LogP contribution in [0.5, 0.6) is 0 Å². The van der Waals surface area contributed by atoms with Gasteiger partial charge in [0.25, 0.3) is 5.91 Å². The van der Waals surface area contributed by atoms with Crippen molar-refractivity contribution in [1.29, 1.82) is 5.41 Å². The fourth-order valence-electron chi connectivity index (χ4n) is 2.61. The van der Waals surface area contributed by atoms with Crippen LogP contribution in [0.2, 0.25) is 0 Å². The Morgan fingerprint density at radius 3 is 2.77 bits per heavy atom. The van der Waals surface area contributed by atoms with Gasteiger partial charge in [0.15, 0.2) is 5.96 Å².